The molecule has 27 heavy (non-hydrogen) atoms. The van der Waals surface area contributed by atoms with E-state index in [4.69, 9.17) is 9.47 Å². The van der Waals surface area contributed by atoms with Gasteiger partial charge in [-0.2, -0.15) is 0 Å². The first-order valence-corrected chi connectivity index (χ1v) is 9.01. The van der Waals surface area contributed by atoms with Crippen molar-refractivity contribution in [2.45, 2.75) is 5.25 Å². The lowest BCUT2D eigenvalue weighted by atomic mass is 10.2. The molecule has 2 aromatic carbocycles. The molecule has 1 aliphatic heterocycles. The summed E-state index contributed by atoms with van der Waals surface area (Å²) in [5, 5.41) is 2.33. The third-order valence-electron chi connectivity index (χ3n) is 3.94. The van der Waals surface area contributed by atoms with E-state index in [1.54, 1.807) is 69.8 Å². The van der Waals surface area contributed by atoms with Crippen LogP contribution in [0, 0.1) is 0 Å². The fourth-order valence-corrected chi connectivity index (χ4v) is 3.49. The van der Waals surface area contributed by atoms with Crippen molar-refractivity contribution in [1.29, 1.82) is 0 Å². The summed E-state index contributed by atoms with van der Waals surface area (Å²) in [5.74, 6) is 0.632. The van der Waals surface area contributed by atoms with Gasteiger partial charge in [0.05, 0.1) is 19.9 Å². The molecular formula is C19H19N3O4S. The van der Waals surface area contributed by atoms with Crippen molar-refractivity contribution in [3.05, 3.63) is 48.5 Å². The van der Waals surface area contributed by atoms with E-state index in [1.807, 2.05) is 0 Å². The number of carbonyl (C=O) groups is 2. The summed E-state index contributed by atoms with van der Waals surface area (Å²) in [6.07, 6.45) is 0. The Bertz CT molecular complexity index is 883. The second kappa shape index (κ2) is 8.13. The predicted molar refractivity (Wildman–Crippen MR) is 106 cm³/mol. The van der Waals surface area contributed by atoms with E-state index in [2.05, 4.69) is 10.3 Å². The number of methoxy groups -OCH3 is 2. The predicted octanol–water partition coefficient (Wildman–Crippen LogP) is 2.90. The fourth-order valence-electron chi connectivity index (χ4n) is 2.45. The molecule has 1 heterocycles. The van der Waals surface area contributed by atoms with E-state index >= 15 is 0 Å². The van der Waals surface area contributed by atoms with Gasteiger partial charge in [0.25, 0.3) is 5.91 Å². The summed E-state index contributed by atoms with van der Waals surface area (Å²) < 4.78 is 10.3. The van der Waals surface area contributed by atoms with E-state index in [0.717, 1.165) is 17.5 Å². The molecule has 0 spiro atoms. The lowest BCUT2D eigenvalue weighted by molar-refractivity contribution is -0.129. The van der Waals surface area contributed by atoms with Gasteiger partial charge in [0.1, 0.15) is 11.5 Å². The average Bonchev–Trinajstić information content (AvgIpc) is 2.97. The van der Waals surface area contributed by atoms with Gasteiger partial charge in [-0.25, -0.2) is 4.99 Å². The van der Waals surface area contributed by atoms with Gasteiger partial charge in [0, 0.05) is 18.8 Å². The molecule has 0 aromatic heterocycles. The molecule has 1 N–H and O–H groups in total. The molecule has 0 saturated carbocycles. The second-order valence-electron chi connectivity index (χ2n) is 5.71. The van der Waals surface area contributed by atoms with Crippen molar-refractivity contribution in [3.63, 3.8) is 0 Å². The Morgan fingerprint density at radius 1 is 1.11 bits per heavy atom. The summed E-state index contributed by atoms with van der Waals surface area (Å²) >= 11 is 1.12. The van der Waals surface area contributed by atoms with Gasteiger partial charge in [-0.1, -0.05) is 17.8 Å². The van der Waals surface area contributed by atoms with E-state index < -0.39 is 11.2 Å². The minimum Gasteiger partial charge on any atom is -0.497 e. The van der Waals surface area contributed by atoms with Crippen molar-refractivity contribution in [3.8, 4) is 11.5 Å². The summed E-state index contributed by atoms with van der Waals surface area (Å²) in [7, 11) is 4.75. The van der Waals surface area contributed by atoms with Gasteiger partial charge >= 0.3 is 0 Å². The molecule has 1 unspecified atom stereocenters. The molecular weight excluding hydrogens is 366 g/mol. The average molecular weight is 385 g/mol. The van der Waals surface area contributed by atoms with Crippen LogP contribution in [-0.4, -0.2) is 48.4 Å². The Kier molecular flexibility index (Phi) is 5.66. The van der Waals surface area contributed by atoms with Gasteiger partial charge < -0.3 is 14.8 Å². The summed E-state index contributed by atoms with van der Waals surface area (Å²) in [6.45, 7) is 0. The minimum atomic E-state index is -0.891. The first-order valence-electron chi connectivity index (χ1n) is 8.13. The number of hydrogen-bond acceptors (Lipinski definition) is 6. The largest absolute Gasteiger partial charge is 0.497 e. The van der Waals surface area contributed by atoms with Gasteiger partial charge in [-0.3, -0.25) is 14.5 Å². The molecule has 0 bridgehead atoms. The third kappa shape index (κ3) is 4.22. The van der Waals surface area contributed by atoms with Crippen LogP contribution in [0.2, 0.25) is 0 Å². The molecule has 1 atom stereocenters. The summed E-state index contributed by atoms with van der Waals surface area (Å²) in [5.41, 5.74) is 1.24. The van der Waals surface area contributed by atoms with Crippen LogP contribution < -0.4 is 14.8 Å². The Labute approximate surface area is 161 Å². The zero-order valence-corrected chi connectivity index (χ0v) is 15.9. The number of nitrogens with zero attached hydrogens (tertiary/aromatic N) is 2. The lowest BCUT2D eigenvalue weighted by Gasteiger charge is -2.10. The first-order chi connectivity index (χ1) is 13.0. The van der Waals surface area contributed by atoms with Crippen molar-refractivity contribution >= 4 is 40.1 Å². The van der Waals surface area contributed by atoms with Crippen LogP contribution in [0.25, 0.3) is 0 Å². The van der Waals surface area contributed by atoms with Crippen LogP contribution in [0.5, 0.6) is 11.5 Å². The number of hydrogen-bond donors (Lipinski definition) is 1. The van der Waals surface area contributed by atoms with E-state index in [9.17, 15) is 9.59 Å². The Morgan fingerprint density at radius 2 is 1.81 bits per heavy atom. The summed E-state index contributed by atoms with van der Waals surface area (Å²) in [4.78, 5) is 30.9. The van der Waals surface area contributed by atoms with Crippen LogP contribution in [0.1, 0.15) is 0 Å². The fraction of sp³-hybridized carbons (Fsp3) is 0.211. The highest BCUT2D eigenvalue weighted by Crippen LogP contribution is 2.30. The molecule has 1 aliphatic rings. The number of amidine groups is 1. The van der Waals surface area contributed by atoms with Crippen LogP contribution >= 0.6 is 11.8 Å². The third-order valence-corrected chi connectivity index (χ3v) is 5.17. The standard InChI is InChI=1S/C19H19N3O4S/c1-22-18(24)16(17(23)20-13-5-4-6-15(11-13)26-3)27-19(22)21-12-7-9-14(25-2)10-8-12/h4-11,16H,1-3H3,(H,20,23). The lowest BCUT2D eigenvalue weighted by Crippen LogP contribution is -2.35. The van der Waals surface area contributed by atoms with E-state index in [-0.39, 0.29) is 5.91 Å². The maximum Gasteiger partial charge on any atom is 0.251 e. The minimum absolute atomic E-state index is 0.312. The first kappa shape index (κ1) is 18.8. The van der Waals surface area contributed by atoms with Crippen molar-refractivity contribution in [2.75, 3.05) is 26.6 Å². The van der Waals surface area contributed by atoms with Gasteiger partial charge in [0.15, 0.2) is 10.4 Å². The quantitative estimate of drug-likeness (QED) is 0.801. The number of anilines is 1. The van der Waals surface area contributed by atoms with Crippen molar-refractivity contribution < 1.29 is 19.1 Å². The SMILES string of the molecule is COc1ccc(N=C2SC(C(=O)Nc3cccc(OC)c3)C(=O)N2C)cc1. The maximum absolute atomic E-state index is 12.6. The number of ether oxygens (including phenoxy) is 2. The maximum atomic E-state index is 12.6. The highest BCUT2D eigenvalue weighted by atomic mass is 32.2. The van der Waals surface area contributed by atoms with Gasteiger partial charge in [0.2, 0.25) is 5.91 Å². The smallest absolute Gasteiger partial charge is 0.251 e. The molecule has 2 amide bonds. The highest BCUT2D eigenvalue weighted by molar-refractivity contribution is 8.16. The number of thioether (sulfide) groups is 1. The molecule has 0 radical (unpaired) electrons. The number of benzene rings is 2. The van der Waals surface area contributed by atoms with Crippen LogP contribution in [0.3, 0.4) is 0 Å². The van der Waals surface area contributed by atoms with E-state index in [1.165, 1.54) is 4.90 Å². The molecule has 140 valence electrons. The monoisotopic (exact) mass is 385 g/mol. The number of nitrogens with one attached hydrogen (secondary N) is 1. The molecule has 7 nitrogen and oxygen atoms in total. The highest BCUT2D eigenvalue weighted by Gasteiger charge is 2.40. The molecule has 2 aromatic rings. The number of carbonyl (C=O) groups excluding carboxylic acids is 2. The van der Waals surface area contributed by atoms with Crippen molar-refractivity contribution in [2.24, 2.45) is 4.99 Å². The Balaban J connectivity index is 1.74. The number of amides is 2. The molecule has 3 rings (SSSR count). The molecule has 8 heteroatoms. The van der Waals surface area contributed by atoms with Crippen LogP contribution in [-0.2, 0) is 9.59 Å². The molecule has 1 fully saturated rings. The summed E-state index contributed by atoms with van der Waals surface area (Å²) in [6, 6.07) is 14.1. The Hall–Kier alpha value is -3.00. The zero-order valence-electron chi connectivity index (χ0n) is 15.1. The topological polar surface area (TPSA) is 80.2 Å². The molecule has 0 aliphatic carbocycles. The van der Waals surface area contributed by atoms with Crippen LogP contribution in [0.15, 0.2) is 53.5 Å². The van der Waals surface area contributed by atoms with Gasteiger partial charge in [-0.15, -0.1) is 0 Å². The van der Waals surface area contributed by atoms with E-state index in [0.29, 0.717) is 22.3 Å². The number of aliphatic imine (C=N–C) groups is 1. The molecule has 1 saturated heterocycles. The van der Waals surface area contributed by atoms with Crippen LogP contribution in [0.4, 0.5) is 11.4 Å². The second-order valence-corrected chi connectivity index (χ2v) is 6.78. The Morgan fingerprint density at radius 3 is 2.48 bits per heavy atom. The van der Waals surface area contributed by atoms with Crippen molar-refractivity contribution in [1.82, 2.24) is 4.90 Å². The normalized spacial score (nSPS) is 17.9. The van der Waals surface area contributed by atoms with Gasteiger partial charge in [-0.05, 0) is 36.4 Å². The zero-order chi connectivity index (χ0) is 19.4. The number of rotatable bonds is 5.